The molecule has 68 valence electrons. The molecule has 0 aliphatic carbocycles. The molecule has 1 aromatic heterocycles. The molecule has 2 N–H and O–H groups in total. The number of rotatable bonds is 3. The van der Waals surface area contributed by atoms with Crippen LogP contribution in [0, 0.1) is 11.3 Å². The highest BCUT2D eigenvalue weighted by Crippen LogP contribution is 2.13. The van der Waals surface area contributed by atoms with Crippen molar-refractivity contribution in [3.05, 3.63) is 24.2 Å². The maximum absolute atomic E-state index is 8.87. The molecule has 1 saturated heterocycles. The molecule has 4 nitrogen and oxygen atoms in total. The summed E-state index contributed by atoms with van der Waals surface area (Å²) in [5, 5.41) is 15.2. The van der Waals surface area contributed by atoms with Gasteiger partial charge >= 0.3 is 0 Å². The van der Waals surface area contributed by atoms with Crippen molar-refractivity contribution in [2.75, 3.05) is 13.1 Å². The fourth-order valence-electron chi connectivity index (χ4n) is 1.28. The third kappa shape index (κ3) is 1.72. The summed E-state index contributed by atoms with van der Waals surface area (Å²) in [6, 6.07) is 5.86. The Morgan fingerprint density at radius 2 is 2.54 bits per heavy atom. The van der Waals surface area contributed by atoms with E-state index in [-0.39, 0.29) is 6.04 Å². The van der Waals surface area contributed by atoms with E-state index in [1.807, 2.05) is 6.07 Å². The van der Waals surface area contributed by atoms with Gasteiger partial charge in [-0.2, -0.15) is 5.26 Å². The fourth-order valence-corrected chi connectivity index (χ4v) is 1.28. The summed E-state index contributed by atoms with van der Waals surface area (Å²) >= 11 is 0. The largest absolute Gasteiger partial charge is 0.467 e. The molecule has 1 aromatic rings. The van der Waals surface area contributed by atoms with Gasteiger partial charge in [0.05, 0.1) is 12.3 Å². The van der Waals surface area contributed by atoms with Gasteiger partial charge in [0.25, 0.3) is 0 Å². The first-order valence-corrected chi connectivity index (χ1v) is 4.30. The molecule has 0 unspecified atom stereocenters. The fraction of sp³-hybridized carbons (Fsp3) is 0.444. The molecule has 13 heavy (non-hydrogen) atoms. The van der Waals surface area contributed by atoms with Crippen molar-refractivity contribution >= 4 is 0 Å². The van der Waals surface area contributed by atoms with Crippen molar-refractivity contribution in [2.45, 2.75) is 12.1 Å². The van der Waals surface area contributed by atoms with E-state index >= 15 is 0 Å². The Morgan fingerprint density at radius 1 is 1.69 bits per heavy atom. The smallest absolute Gasteiger partial charge is 0.154 e. The zero-order valence-corrected chi connectivity index (χ0v) is 7.16. The van der Waals surface area contributed by atoms with Crippen molar-refractivity contribution in [2.24, 2.45) is 0 Å². The summed E-state index contributed by atoms with van der Waals surface area (Å²) in [4.78, 5) is 0. The second-order valence-electron chi connectivity index (χ2n) is 3.10. The Hall–Kier alpha value is -1.31. The molecular weight excluding hydrogens is 166 g/mol. The standard InChI is InChI=1S/C9H11N3O/c10-4-8(9-2-1-3-13-9)12-7-5-11-6-7/h1-3,7-8,11-12H,5-6H2/t8-/m1/s1. The second-order valence-corrected chi connectivity index (χ2v) is 3.10. The van der Waals surface area contributed by atoms with Gasteiger partial charge in [0.15, 0.2) is 6.04 Å². The maximum Gasteiger partial charge on any atom is 0.154 e. The van der Waals surface area contributed by atoms with Crippen LogP contribution in [0.5, 0.6) is 0 Å². The zero-order chi connectivity index (χ0) is 9.10. The molecule has 0 spiro atoms. The molecule has 4 heteroatoms. The molecule has 1 aliphatic heterocycles. The van der Waals surface area contributed by atoms with Gasteiger partial charge in [-0.15, -0.1) is 0 Å². The van der Waals surface area contributed by atoms with E-state index in [4.69, 9.17) is 9.68 Å². The Kier molecular flexibility index (Phi) is 2.30. The van der Waals surface area contributed by atoms with Crippen LogP contribution < -0.4 is 10.6 Å². The van der Waals surface area contributed by atoms with Gasteiger partial charge in [-0.05, 0) is 12.1 Å². The summed E-state index contributed by atoms with van der Waals surface area (Å²) in [5.41, 5.74) is 0. The van der Waals surface area contributed by atoms with Crippen molar-refractivity contribution in [1.82, 2.24) is 10.6 Å². The number of furan rings is 1. The number of hydrogen-bond donors (Lipinski definition) is 2. The molecule has 0 saturated carbocycles. The molecular formula is C9H11N3O. The summed E-state index contributed by atoms with van der Waals surface area (Å²) in [5.74, 6) is 0.689. The minimum absolute atomic E-state index is 0.318. The maximum atomic E-state index is 8.87. The molecule has 2 heterocycles. The molecule has 1 atom stereocenters. The van der Waals surface area contributed by atoms with Gasteiger partial charge in [0.1, 0.15) is 5.76 Å². The average molecular weight is 177 g/mol. The van der Waals surface area contributed by atoms with E-state index in [0.29, 0.717) is 11.8 Å². The van der Waals surface area contributed by atoms with Crippen LogP contribution in [-0.4, -0.2) is 19.1 Å². The Labute approximate surface area is 76.5 Å². The summed E-state index contributed by atoms with van der Waals surface area (Å²) in [6.07, 6.45) is 1.58. The van der Waals surface area contributed by atoms with Crippen LogP contribution in [0.15, 0.2) is 22.8 Å². The SMILES string of the molecule is N#C[C@@H](NC1CNC1)c1ccco1. The summed E-state index contributed by atoms with van der Waals surface area (Å²) in [6.45, 7) is 1.86. The first-order chi connectivity index (χ1) is 6.40. The summed E-state index contributed by atoms with van der Waals surface area (Å²) in [7, 11) is 0. The topological polar surface area (TPSA) is 61.0 Å². The van der Waals surface area contributed by atoms with Gasteiger partial charge in [-0.3, -0.25) is 5.32 Å². The van der Waals surface area contributed by atoms with E-state index in [1.54, 1.807) is 12.3 Å². The third-order valence-corrected chi connectivity index (χ3v) is 2.14. The van der Waals surface area contributed by atoms with Crippen molar-refractivity contribution in [3.8, 4) is 6.07 Å². The molecule has 0 amide bonds. The highest BCUT2D eigenvalue weighted by Gasteiger charge is 2.22. The van der Waals surface area contributed by atoms with Gasteiger partial charge in [0, 0.05) is 19.1 Å². The van der Waals surface area contributed by atoms with Crippen molar-refractivity contribution < 1.29 is 4.42 Å². The van der Waals surface area contributed by atoms with Crippen molar-refractivity contribution in [3.63, 3.8) is 0 Å². The van der Waals surface area contributed by atoms with Crippen LogP contribution in [0.25, 0.3) is 0 Å². The molecule has 1 fully saturated rings. The predicted octanol–water partition coefficient (Wildman–Crippen LogP) is 0.406. The Bertz CT molecular complexity index is 297. The van der Waals surface area contributed by atoms with Gasteiger partial charge in [0.2, 0.25) is 0 Å². The third-order valence-electron chi connectivity index (χ3n) is 2.14. The molecule has 0 bridgehead atoms. The van der Waals surface area contributed by atoms with Crippen LogP contribution in [0.1, 0.15) is 11.8 Å². The van der Waals surface area contributed by atoms with Crippen LogP contribution in [-0.2, 0) is 0 Å². The number of nitrogens with one attached hydrogen (secondary N) is 2. The Morgan fingerprint density at radius 3 is 3.00 bits per heavy atom. The minimum Gasteiger partial charge on any atom is -0.467 e. The van der Waals surface area contributed by atoms with E-state index in [1.165, 1.54) is 0 Å². The van der Waals surface area contributed by atoms with Crippen LogP contribution in [0.2, 0.25) is 0 Å². The van der Waals surface area contributed by atoms with Gasteiger partial charge < -0.3 is 9.73 Å². The van der Waals surface area contributed by atoms with Crippen LogP contribution in [0.3, 0.4) is 0 Å². The van der Waals surface area contributed by atoms with E-state index < -0.39 is 0 Å². The van der Waals surface area contributed by atoms with E-state index in [0.717, 1.165) is 13.1 Å². The second kappa shape index (κ2) is 3.60. The monoisotopic (exact) mass is 177 g/mol. The predicted molar refractivity (Wildman–Crippen MR) is 46.9 cm³/mol. The average Bonchev–Trinajstić information content (AvgIpc) is 2.55. The van der Waals surface area contributed by atoms with Crippen molar-refractivity contribution in [1.29, 1.82) is 5.26 Å². The van der Waals surface area contributed by atoms with E-state index in [2.05, 4.69) is 16.7 Å². The minimum atomic E-state index is -0.318. The van der Waals surface area contributed by atoms with E-state index in [9.17, 15) is 0 Å². The number of nitrogens with zero attached hydrogens (tertiary/aromatic N) is 1. The lowest BCUT2D eigenvalue weighted by atomic mass is 10.1. The lowest BCUT2D eigenvalue weighted by Gasteiger charge is -2.29. The molecule has 2 rings (SSSR count). The zero-order valence-electron chi connectivity index (χ0n) is 7.16. The highest BCUT2D eigenvalue weighted by atomic mass is 16.3. The number of hydrogen-bond acceptors (Lipinski definition) is 4. The summed E-state index contributed by atoms with van der Waals surface area (Å²) < 4.78 is 5.15. The number of nitriles is 1. The van der Waals surface area contributed by atoms with Gasteiger partial charge in [-0.1, -0.05) is 0 Å². The Balaban J connectivity index is 1.98. The normalized spacial score (nSPS) is 19.0. The lowest BCUT2D eigenvalue weighted by Crippen LogP contribution is -2.55. The molecule has 0 radical (unpaired) electrons. The van der Waals surface area contributed by atoms with Gasteiger partial charge in [-0.25, -0.2) is 0 Å². The van der Waals surface area contributed by atoms with Crippen LogP contribution >= 0.6 is 0 Å². The highest BCUT2D eigenvalue weighted by molar-refractivity contribution is 5.13. The lowest BCUT2D eigenvalue weighted by molar-refractivity contribution is 0.332. The molecule has 1 aliphatic rings. The molecule has 0 aromatic carbocycles. The quantitative estimate of drug-likeness (QED) is 0.701. The first kappa shape index (κ1) is 8.30. The van der Waals surface area contributed by atoms with Crippen LogP contribution in [0.4, 0.5) is 0 Å². The first-order valence-electron chi connectivity index (χ1n) is 4.30.